The summed E-state index contributed by atoms with van der Waals surface area (Å²) in [6, 6.07) is 13.3. The van der Waals surface area contributed by atoms with Gasteiger partial charge in [0, 0.05) is 30.1 Å². The average Bonchev–Trinajstić information content (AvgIpc) is 3.24. The molecule has 1 saturated heterocycles. The normalized spacial score (nSPS) is 17.0. The van der Waals surface area contributed by atoms with E-state index in [1.807, 2.05) is 25.1 Å². The molecule has 31 heavy (non-hydrogen) atoms. The van der Waals surface area contributed by atoms with Crippen LogP contribution >= 0.6 is 35.6 Å². The van der Waals surface area contributed by atoms with Gasteiger partial charge in [0.1, 0.15) is 11.9 Å². The van der Waals surface area contributed by atoms with Gasteiger partial charge < -0.3 is 25.2 Å². The minimum absolute atomic E-state index is 0. The summed E-state index contributed by atoms with van der Waals surface area (Å²) in [6.07, 6.45) is 0.339. The number of nitrogens with zero attached hydrogens (tertiary/aromatic N) is 1. The summed E-state index contributed by atoms with van der Waals surface area (Å²) < 4.78 is 11.6. The van der Waals surface area contributed by atoms with E-state index in [4.69, 9.17) is 21.1 Å². The van der Waals surface area contributed by atoms with Crippen LogP contribution in [-0.2, 0) is 11.3 Å². The van der Waals surface area contributed by atoms with E-state index in [1.54, 1.807) is 12.1 Å². The van der Waals surface area contributed by atoms with Gasteiger partial charge in [0.15, 0.2) is 5.96 Å². The Morgan fingerprint density at radius 3 is 2.71 bits per heavy atom. The van der Waals surface area contributed by atoms with Crippen LogP contribution in [0.15, 0.2) is 47.5 Å². The van der Waals surface area contributed by atoms with Crippen LogP contribution in [0.25, 0.3) is 0 Å². The molecule has 2 aromatic carbocycles. The lowest BCUT2D eigenvalue weighted by atomic mass is 10.1. The third kappa shape index (κ3) is 8.14. The molecule has 0 bridgehead atoms. The number of aliphatic hydroxyl groups excluding tert-OH is 1. The third-order valence-corrected chi connectivity index (χ3v) is 5.13. The lowest BCUT2D eigenvalue weighted by Gasteiger charge is -2.17. The molecule has 0 amide bonds. The Labute approximate surface area is 206 Å². The predicted octanol–water partition coefficient (Wildman–Crippen LogP) is 4.22. The van der Waals surface area contributed by atoms with E-state index in [0.29, 0.717) is 30.7 Å². The average molecular weight is 560 g/mol. The second-order valence-electron chi connectivity index (χ2n) is 7.36. The van der Waals surface area contributed by atoms with Gasteiger partial charge in [-0.05, 0) is 43.2 Å². The fourth-order valence-corrected chi connectivity index (χ4v) is 3.32. The van der Waals surface area contributed by atoms with Gasteiger partial charge in [0.25, 0.3) is 0 Å². The van der Waals surface area contributed by atoms with Crippen molar-refractivity contribution in [3.8, 4) is 5.75 Å². The first-order chi connectivity index (χ1) is 14.5. The fraction of sp³-hybridized carbons (Fsp3) is 0.435. The van der Waals surface area contributed by atoms with Crippen LogP contribution in [0.3, 0.4) is 0 Å². The highest BCUT2D eigenvalue weighted by molar-refractivity contribution is 14.0. The molecule has 0 aromatic heterocycles. The molecular weight excluding hydrogens is 529 g/mol. The molecule has 1 aliphatic rings. The van der Waals surface area contributed by atoms with Gasteiger partial charge >= 0.3 is 0 Å². The molecule has 0 aliphatic carbocycles. The van der Waals surface area contributed by atoms with E-state index in [2.05, 4.69) is 34.7 Å². The lowest BCUT2D eigenvalue weighted by Crippen LogP contribution is -2.39. The number of benzene rings is 2. The van der Waals surface area contributed by atoms with Crippen LogP contribution in [0.2, 0.25) is 5.02 Å². The third-order valence-electron chi connectivity index (χ3n) is 4.87. The minimum atomic E-state index is -0.660. The minimum Gasteiger partial charge on any atom is -0.488 e. The van der Waals surface area contributed by atoms with Crippen molar-refractivity contribution in [1.82, 2.24) is 10.6 Å². The maximum Gasteiger partial charge on any atom is 0.191 e. The zero-order valence-corrected chi connectivity index (χ0v) is 21.0. The molecule has 0 spiro atoms. The Balaban J connectivity index is 0.00000341. The SMILES string of the molecule is CCNC(=NCc1ccc(C)cc1OC1CCOC1)NCC(O)c1ccc(Cl)cc1.I. The summed E-state index contributed by atoms with van der Waals surface area (Å²) in [4.78, 5) is 4.68. The van der Waals surface area contributed by atoms with Gasteiger partial charge in [-0.25, -0.2) is 4.99 Å². The second kappa shape index (κ2) is 13.1. The first-order valence-electron chi connectivity index (χ1n) is 10.3. The van der Waals surface area contributed by atoms with Gasteiger partial charge in [0.05, 0.1) is 25.9 Å². The Morgan fingerprint density at radius 1 is 1.26 bits per heavy atom. The summed E-state index contributed by atoms with van der Waals surface area (Å²) in [5, 5.41) is 17.5. The van der Waals surface area contributed by atoms with Crippen molar-refractivity contribution >= 4 is 41.5 Å². The van der Waals surface area contributed by atoms with Crippen LogP contribution in [0.4, 0.5) is 0 Å². The van der Waals surface area contributed by atoms with E-state index in [1.165, 1.54) is 0 Å². The summed E-state index contributed by atoms with van der Waals surface area (Å²) in [5.74, 6) is 1.49. The molecule has 6 nitrogen and oxygen atoms in total. The van der Waals surface area contributed by atoms with E-state index in [9.17, 15) is 5.11 Å². The van der Waals surface area contributed by atoms with Gasteiger partial charge in [-0.15, -0.1) is 24.0 Å². The van der Waals surface area contributed by atoms with Crippen molar-refractivity contribution in [2.24, 2.45) is 4.99 Å². The van der Waals surface area contributed by atoms with E-state index in [-0.39, 0.29) is 30.1 Å². The maximum absolute atomic E-state index is 10.4. The van der Waals surface area contributed by atoms with Crippen LogP contribution in [0, 0.1) is 6.92 Å². The van der Waals surface area contributed by atoms with Crippen molar-refractivity contribution in [3.05, 3.63) is 64.2 Å². The number of aryl methyl sites for hydroxylation is 1. The molecule has 170 valence electrons. The van der Waals surface area contributed by atoms with Crippen molar-refractivity contribution in [3.63, 3.8) is 0 Å². The zero-order valence-electron chi connectivity index (χ0n) is 17.9. The van der Waals surface area contributed by atoms with Crippen molar-refractivity contribution in [1.29, 1.82) is 0 Å². The molecule has 2 unspecified atom stereocenters. The first-order valence-corrected chi connectivity index (χ1v) is 10.7. The van der Waals surface area contributed by atoms with Gasteiger partial charge in [-0.1, -0.05) is 35.9 Å². The molecule has 2 aromatic rings. The number of aliphatic hydroxyl groups is 1. The monoisotopic (exact) mass is 559 g/mol. The standard InChI is InChI=1S/C23H30ClN3O3.HI/c1-3-25-23(27-14-21(28)17-6-8-19(24)9-7-17)26-13-18-5-4-16(2)12-22(18)30-20-10-11-29-15-20;/h4-9,12,20-21,28H,3,10-11,13-15H2,1-2H3,(H2,25,26,27);1H. The number of aliphatic imine (C=N–C) groups is 1. The Morgan fingerprint density at radius 2 is 2.03 bits per heavy atom. The van der Waals surface area contributed by atoms with Gasteiger partial charge in [-0.2, -0.15) is 0 Å². The number of hydrogen-bond donors (Lipinski definition) is 3. The number of guanidine groups is 1. The molecule has 1 fully saturated rings. The fourth-order valence-electron chi connectivity index (χ4n) is 3.19. The molecule has 3 N–H and O–H groups in total. The van der Waals surface area contributed by atoms with Crippen LogP contribution in [0.5, 0.6) is 5.75 Å². The van der Waals surface area contributed by atoms with Gasteiger partial charge in [0.2, 0.25) is 0 Å². The highest BCUT2D eigenvalue weighted by Crippen LogP contribution is 2.24. The number of rotatable bonds is 8. The van der Waals surface area contributed by atoms with E-state index in [0.717, 1.165) is 42.0 Å². The topological polar surface area (TPSA) is 75.1 Å². The number of hydrogen-bond acceptors (Lipinski definition) is 4. The highest BCUT2D eigenvalue weighted by atomic mass is 127. The Bertz CT molecular complexity index is 842. The van der Waals surface area contributed by atoms with Crippen molar-refractivity contribution in [2.45, 2.75) is 39.0 Å². The molecular formula is C23H31ClIN3O3. The van der Waals surface area contributed by atoms with E-state index < -0.39 is 6.10 Å². The van der Waals surface area contributed by atoms with Crippen LogP contribution < -0.4 is 15.4 Å². The molecule has 0 saturated carbocycles. The molecule has 1 heterocycles. The zero-order chi connectivity index (χ0) is 21.3. The van der Waals surface area contributed by atoms with Crippen LogP contribution in [-0.4, -0.2) is 43.5 Å². The Kier molecular flexibility index (Phi) is 10.9. The van der Waals surface area contributed by atoms with Crippen molar-refractivity contribution in [2.75, 3.05) is 26.3 Å². The van der Waals surface area contributed by atoms with E-state index >= 15 is 0 Å². The quantitative estimate of drug-likeness (QED) is 0.257. The number of nitrogens with one attached hydrogen (secondary N) is 2. The Hall–Kier alpha value is -1.55. The van der Waals surface area contributed by atoms with Gasteiger partial charge in [-0.3, -0.25) is 0 Å². The summed E-state index contributed by atoms with van der Waals surface area (Å²) in [5.41, 5.74) is 2.96. The smallest absolute Gasteiger partial charge is 0.191 e. The second-order valence-corrected chi connectivity index (χ2v) is 7.79. The molecule has 3 rings (SSSR count). The molecule has 0 radical (unpaired) electrons. The largest absolute Gasteiger partial charge is 0.488 e. The lowest BCUT2D eigenvalue weighted by molar-refractivity contribution is 0.140. The highest BCUT2D eigenvalue weighted by Gasteiger charge is 2.18. The predicted molar refractivity (Wildman–Crippen MR) is 136 cm³/mol. The first kappa shape index (κ1) is 25.7. The summed E-state index contributed by atoms with van der Waals surface area (Å²) in [7, 11) is 0. The van der Waals surface area contributed by atoms with Crippen molar-refractivity contribution < 1.29 is 14.6 Å². The maximum atomic E-state index is 10.4. The molecule has 1 aliphatic heterocycles. The van der Waals surface area contributed by atoms with Crippen LogP contribution in [0.1, 0.15) is 36.1 Å². The number of halogens is 2. The summed E-state index contributed by atoms with van der Waals surface area (Å²) in [6.45, 7) is 6.96. The summed E-state index contributed by atoms with van der Waals surface area (Å²) >= 11 is 5.92. The molecule has 2 atom stereocenters. The molecule has 8 heteroatoms. The number of ether oxygens (including phenoxy) is 2.